The molecular weight excluding hydrogens is 485 g/mol. The highest BCUT2D eigenvalue weighted by Gasteiger charge is 2.36. The van der Waals surface area contributed by atoms with Crippen LogP contribution in [0.3, 0.4) is 0 Å². The van der Waals surface area contributed by atoms with Crippen molar-refractivity contribution in [3.8, 4) is 0 Å². The number of hydrogen-bond donors (Lipinski definition) is 3. The van der Waals surface area contributed by atoms with E-state index in [0.717, 1.165) is 31.1 Å². The second kappa shape index (κ2) is 11.7. The Bertz CT molecular complexity index is 649. The van der Waals surface area contributed by atoms with Crippen LogP contribution in [0.5, 0.6) is 0 Å². The van der Waals surface area contributed by atoms with Gasteiger partial charge in [0.15, 0.2) is 5.96 Å². The summed E-state index contributed by atoms with van der Waals surface area (Å²) in [6.07, 6.45) is 6.52. The van der Waals surface area contributed by atoms with Crippen molar-refractivity contribution in [2.24, 2.45) is 4.99 Å². The van der Waals surface area contributed by atoms with Crippen molar-refractivity contribution in [3.05, 3.63) is 35.9 Å². The molecule has 2 aliphatic heterocycles. The van der Waals surface area contributed by atoms with Gasteiger partial charge in [0.2, 0.25) is 0 Å². The van der Waals surface area contributed by atoms with Gasteiger partial charge in [0.05, 0.1) is 6.54 Å². The van der Waals surface area contributed by atoms with Crippen molar-refractivity contribution >= 4 is 29.9 Å². The van der Waals surface area contributed by atoms with Crippen molar-refractivity contribution < 1.29 is 0 Å². The molecular formula is C24H42IN5. The van der Waals surface area contributed by atoms with Crippen molar-refractivity contribution in [1.29, 1.82) is 0 Å². The molecule has 5 nitrogen and oxygen atoms in total. The van der Waals surface area contributed by atoms with Crippen molar-refractivity contribution in [2.45, 2.75) is 89.5 Å². The third-order valence-electron chi connectivity index (χ3n) is 6.56. The number of benzene rings is 1. The first-order valence-electron chi connectivity index (χ1n) is 11.5. The molecule has 0 radical (unpaired) electrons. The average Bonchev–Trinajstić information content (AvgIpc) is 2.67. The molecule has 0 amide bonds. The van der Waals surface area contributed by atoms with Gasteiger partial charge in [-0.25, -0.2) is 0 Å². The minimum atomic E-state index is -0.0824. The molecule has 3 N–H and O–H groups in total. The van der Waals surface area contributed by atoms with Crippen LogP contribution in [0.4, 0.5) is 0 Å². The Balaban J connectivity index is 0.00000320. The Morgan fingerprint density at radius 2 is 1.80 bits per heavy atom. The number of hydrogen-bond acceptors (Lipinski definition) is 3. The number of fused-ring (bicyclic) bond motifs is 2. The Morgan fingerprint density at radius 1 is 1.17 bits per heavy atom. The maximum Gasteiger partial charge on any atom is 0.191 e. The summed E-state index contributed by atoms with van der Waals surface area (Å²) < 4.78 is 0. The summed E-state index contributed by atoms with van der Waals surface area (Å²) in [6.45, 7) is 10.5. The van der Waals surface area contributed by atoms with E-state index in [2.05, 4.69) is 85.9 Å². The molecule has 2 aliphatic rings. The lowest BCUT2D eigenvalue weighted by Gasteiger charge is -2.47. The maximum absolute atomic E-state index is 4.96. The molecule has 6 heteroatoms. The monoisotopic (exact) mass is 527 g/mol. The molecule has 0 aromatic heterocycles. The lowest BCUT2D eigenvalue weighted by molar-refractivity contribution is 0.0526. The number of aliphatic imine (C=N–C) groups is 1. The predicted octanol–water partition coefficient (Wildman–Crippen LogP) is 4.30. The maximum atomic E-state index is 4.96. The second-order valence-electron chi connectivity index (χ2n) is 9.57. The van der Waals surface area contributed by atoms with Gasteiger partial charge in [-0.15, -0.1) is 24.0 Å². The molecule has 1 aromatic carbocycles. The van der Waals surface area contributed by atoms with Gasteiger partial charge < -0.3 is 20.9 Å². The second-order valence-corrected chi connectivity index (χ2v) is 9.57. The van der Waals surface area contributed by atoms with Gasteiger partial charge in [-0.3, -0.25) is 4.99 Å². The van der Waals surface area contributed by atoms with Crippen molar-refractivity contribution in [1.82, 2.24) is 20.9 Å². The highest BCUT2D eigenvalue weighted by molar-refractivity contribution is 14.0. The zero-order valence-corrected chi connectivity index (χ0v) is 21.8. The minimum Gasteiger partial charge on any atom is -0.357 e. The van der Waals surface area contributed by atoms with E-state index in [1.807, 2.05) is 0 Å². The van der Waals surface area contributed by atoms with E-state index in [-0.39, 0.29) is 29.5 Å². The van der Waals surface area contributed by atoms with E-state index in [1.54, 1.807) is 0 Å². The van der Waals surface area contributed by atoms with Gasteiger partial charge in [0.25, 0.3) is 0 Å². The molecule has 3 unspecified atom stereocenters. The van der Waals surface area contributed by atoms with Crippen LogP contribution in [0.1, 0.15) is 71.4 Å². The van der Waals surface area contributed by atoms with Crippen LogP contribution >= 0.6 is 24.0 Å². The molecule has 1 aromatic rings. The number of halogens is 1. The summed E-state index contributed by atoms with van der Waals surface area (Å²) in [5.74, 6) is 0.961. The molecule has 2 bridgehead atoms. The average molecular weight is 528 g/mol. The van der Waals surface area contributed by atoms with Crippen LogP contribution in [0.25, 0.3) is 0 Å². The van der Waals surface area contributed by atoms with Gasteiger partial charge in [0, 0.05) is 36.3 Å². The van der Waals surface area contributed by atoms with Crippen molar-refractivity contribution in [2.75, 3.05) is 20.1 Å². The molecule has 30 heavy (non-hydrogen) atoms. The van der Waals surface area contributed by atoms with E-state index in [4.69, 9.17) is 4.99 Å². The van der Waals surface area contributed by atoms with E-state index in [9.17, 15) is 0 Å². The van der Waals surface area contributed by atoms with E-state index < -0.39 is 0 Å². The highest BCUT2D eigenvalue weighted by atomic mass is 127. The molecule has 3 rings (SSSR count). The fourth-order valence-electron chi connectivity index (χ4n) is 4.98. The number of nitrogens with one attached hydrogen (secondary N) is 3. The molecule has 0 saturated carbocycles. The fraction of sp³-hybridized carbons (Fsp3) is 0.708. The lowest BCUT2D eigenvalue weighted by Crippen LogP contribution is -2.57. The Labute approximate surface area is 200 Å². The topological polar surface area (TPSA) is 51.7 Å². The molecule has 2 heterocycles. The van der Waals surface area contributed by atoms with Crippen LogP contribution in [-0.2, 0) is 0 Å². The lowest BCUT2D eigenvalue weighted by atomic mass is 9.82. The summed E-state index contributed by atoms with van der Waals surface area (Å²) >= 11 is 0. The quantitative estimate of drug-likeness (QED) is 0.281. The largest absolute Gasteiger partial charge is 0.357 e. The first-order valence-corrected chi connectivity index (χ1v) is 11.5. The molecule has 170 valence electrons. The smallest absolute Gasteiger partial charge is 0.191 e. The number of piperidine rings is 2. The molecule has 2 fully saturated rings. The highest BCUT2D eigenvalue weighted by Crippen LogP contribution is 2.32. The first-order chi connectivity index (χ1) is 13.9. The predicted molar refractivity (Wildman–Crippen MR) is 139 cm³/mol. The molecule has 0 spiro atoms. The number of guanidine groups is 1. The Morgan fingerprint density at radius 3 is 2.40 bits per heavy atom. The zero-order chi connectivity index (χ0) is 20.9. The first kappa shape index (κ1) is 25.4. The fourth-order valence-corrected chi connectivity index (χ4v) is 4.98. The van der Waals surface area contributed by atoms with E-state index in [1.165, 1.54) is 37.7 Å². The van der Waals surface area contributed by atoms with Crippen LogP contribution < -0.4 is 16.0 Å². The zero-order valence-electron chi connectivity index (χ0n) is 19.4. The normalized spacial score (nSPS) is 25.9. The third-order valence-corrected chi connectivity index (χ3v) is 6.56. The number of nitrogens with zero attached hydrogens (tertiary/aromatic N) is 2. The number of rotatable bonds is 7. The van der Waals surface area contributed by atoms with Gasteiger partial charge in [-0.1, -0.05) is 36.8 Å². The SMILES string of the molecule is CCNC(=NCC(C)(C)NC(C)c1ccccc1)NC1CC2CCCC(C1)N2C.I. The van der Waals surface area contributed by atoms with Crippen LogP contribution in [0, 0.1) is 0 Å². The summed E-state index contributed by atoms with van der Waals surface area (Å²) in [6, 6.07) is 12.9. The summed E-state index contributed by atoms with van der Waals surface area (Å²) in [5.41, 5.74) is 1.23. The molecule has 0 aliphatic carbocycles. The summed E-state index contributed by atoms with van der Waals surface area (Å²) in [4.78, 5) is 7.57. The van der Waals surface area contributed by atoms with Gasteiger partial charge >= 0.3 is 0 Å². The van der Waals surface area contributed by atoms with Crippen molar-refractivity contribution in [3.63, 3.8) is 0 Å². The van der Waals surface area contributed by atoms with Crippen LogP contribution in [-0.4, -0.2) is 54.7 Å². The van der Waals surface area contributed by atoms with Crippen LogP contribution in [0.15, 0.2) is 35.3 Å². The van der Waals surface area contributed by atoms with Gasteiger partial charge in [-0.2, -0.15) is 0 Å². The van der Waals surface area contributed by atoms with E-state index in [0.29, 0.717) is 12.1 Å². The Hall–Kier alpha value is -0.860. The molecule has 3 atom stereocenters. The summed E-state index contributed by atoms with van der Waals surface area (Å²) in [7, 11) is 2.31. The van der Waals surface area contributed by atoms with Crippen LogP contribution in [0.2, 0.25) is 0 Å². The molecule has 2 saturated heterocycles. The standard InChI is InChI=1S/C24H41N5.HI/c1-6-25-23(27-20-15-21-13-10-14-22(16-20)29(21)5)26-17-24(3,4)28-18(2)19-11-8-7-9-12-19;/h7-9,11-12,18,20-22,28H,6,10,13-17H2,1-5H3,(H2,25,26,27);1H. The summed E-state index contributed by atoms with van der Waals surface area (Å²) in [5, 5.41) is 11.0. The minimum absolute atomic E-state index is 0. The Kier molecular flexibility index (Phi) is 9.88. The van der Waals surface area contributed by atoms with E-state index >= 15 is 0 Å². The van der Waals surface area contributed by atoms with Gasteiger partial charge in [-0.05, 0) is 66.0 Å². The third kappa shape index (κ3) is 7.09. The van der Waals surface area contributed by atoms with Gasteiger partial charge in [0.1, 0.15) is 0 Å².